The van der Waals surface area contributed by atoms with Gasteiger partial charge in [0.05, 0.1) is 12.7 Å². The number of aliphatic hydroxyl groups is 1. The number of hydrogen-bond acceptors (Lipinski definition) is 3. The average Bonchev–Trinajstić information content (AvgIpc) is 2.61. The maximum absolute atomic E-state index is 10.4. The summed E-state index contributed by atoms with van der Waals surface area (Å²) in [5, 5.41) is 10.4. The highest BCUT2D eigenvalue weighted by Crippen LogP contribution is 2.56. The average molecular weight is 359 g/mol. The van der Waals surface area contributed by atoms with Crippen molar-refractivity contribution >= 4 is 0 Å². The van der Waals surface area contributed by atoms with Gasteiger partial charge in [0.15, 0.2) is 0 Å². The van der Waals surface area contributed by atoms with E-state index in [2.05, 4.69) is 26.8 Å². The van der Waals surface area contributed by atoms with E-state index >= 15 is 0 Å². The Kier molecular flexibility index (Phi) is 4.94. The van der Waals surface area contributed by atoms with Gasteiger partial charge in [-0.1, -0.05) is 19.8 Å². The first-order valence-corrected chi connectivity index (χ1v) is 10.7. The van der Waals surface area contributed by atoms with Gasteiger partial charge < -0.3 is 14.6 Å². The summed E-state index contributed by atoms with van der Waals surface area (Å²) in [6.45, 7) is 7.51. The number of fused-ring (bicyclic) bond motifs is 5. The molecule has 1 aliphatic carbocycles. The van der Waals surface area contributed by atoms with Crippen molar-refractivity contribution in [1.82, 2.24) is 0 Å². The summed E-state index contributed by atoms with van der Waals surface area (Å²) in [4.78, 5) is 0. The SMILES string of the molecule is CCCCCc1cc2c(c3c1CCCO3)C1C[C@@H](O)CC[C@H]1C(C)(C)O2. The molecule has 0 saturated heterocycles. The molecule has 3 nitrogen and oxygen atoms in total. The molecule has 4 rings (SSSR count). The van der Waals surface area contributed by atoms with Crippen LogP contribution in [0.25, 0.3) is 0 Å². The van der Waals surface area contributed by atoms with Crippen molar-refractivity contribution in [3.63, 3.8) is 0 Å². The van der Waals surface area contributed by atoms with Crippen LogP contribution in [0.5, 0.6) is 11.5 Å². The van der Waals surface area contributed by atoms with Crippen LogP contribution < -0.4 is 9.47 Å². The van der Waals surface area contributed by atoms with Gasteiger partial charge in [0.1, 0.15) is 17.1 Å². The van der Waals surface area contributed by atoms with Crippen LogP contribution in [0.2, 0.25) is 0 Å². The Hall–Kier alpha value is -1.22. The van der Waals surface area contributed by atoms with E-state index in [0.717, 1.165) is 56.6 Å². The summed E-state index contributed by atoms with van der Waals surface area (Å²) in [5.41, 5.74) is 3.94. The lowest BCUT2D eigenvalue weighted by Crippen LogP contribution is -2.47. The molecular weight excluding hydrogens is 324 g/mol. The van der Waals surface area contributed by atoms with Crippen LogP contribution in [0.1, 0.15) is 88.3 Å². The van der Waals surface area contributed by atoms with Crippen LogP contribution in [0.15, 0.2) is 6.07 Å². The van der Waals surface area contributed by atoms with Crippen molar-refractivity contribution in [3.8, 4) is 11.5 Å². The van der Waals surface area contributed by atoms with Crippen molar-refractivity contribution < 1.29 is 14.6 Å². The molecule has 1 saturated carbocycles. The second-order valence-electron chi connectivity index (χ2n) is 9.05. The molecule has 3 aliphatic rings. The third-order valence-corrected chi connectivity index (χ3v) is 6.80. The first kappa shape index (κ1) is 18.2. The summed E-state index contributed by atoms with van der Waals surface area (Å²) in [5.74, 6) is 2.95. The largest absolute Gasteiger partial charge is 0.493 e. The van der Waals surface area contributed by atoms with E-state index in [1.807, 2.05) is 0 Å². The van der Waals surface area contributed by atoms with E-state index in [1.54, 1.807) is 0 Å². The van der Waals surface area contributed by atoms with E-state index in [-0.39, 0.29) is 11.7 Å². The minimum absolute atomic E-state index is 0.179. The van der Waals surface area contributed by atoms with Crippen molar-refractivity contribution in [2.75, 3.05) is 6.61 Å². The summed E-state index contributed by atoms with van der Waals surface area (Å²) in [6.07, 6.45) is 9.67. The minimum Gasteiger partial charge on any atom is -0.493 e. The molecule has 2 heterocycles. The van der Waals surface area contributed by atoms with Gasteiger partial charge in [0, 0.05) is 17.4 Å². The highest BCUT2D eigenvalue weighted by atomic mass is 16.5. The highest BCUT2D eigenvalue weighted by Gasteiger charge is 2.48. The van der Waals surface area contributed by atoms with E-state index in [1.165, 1.54) is 36.0 Å². The lowest BCUT2D eigenvalue weighted by molar-refractivity contribution is -0.0321. The zero-order valence-corrected chi connectivity index (χ0v) is 16.6. The van der Waals surface area contributed by atoms with E-state index in [9.17, 15) is 5.11 Å². The summed E-state index contributed by atoms with van der Waals surface area (Å²) >= 11 is 0. The fraction of sp³-hybridized carbons (Fsp3) is 0.739. The van der Waals surface area contributed by atoms with Crippen molar-refractivity contribution in [2.24, 2.45) is 5.92 Å². The predicted molar refractivity (Wildman–Crippen MR) is 104 cm³/mol. The fourth-order valence-corrected chi connectivity index (χ4v) is 5.49. The second kappa shape index (κ2) is 7.07. The van der Waals surface area contributed by atoms with Gasteiger partial charge in [0.25, 0.3) is 0 Å². The molecule has 0 bridgehead atoms. The van der Waals surface area contributed by atoms with E-state index in [0.29, 0.717) is 11.8 Å². The summed E-state index contributed by atoms with van der Waals surface area (Å²) in [6, 6.07) is 2.32. The lowest BCUT2D eigenvalue weighted by atomic mass is 9.65. The monoisotopic (exact) mass is 358 g/mol. The molecule has 0 radical (unpaired) electrons. The maximum atomic E-state index is 10.4. The Balaban J connectivity index is 1.79. The molecule has 26 heavy (non-hydrogen) atoms. The Morgan fingerprint density at radius 3 is 2.88 bits per heavy atom. The van der Waals surface area contributed by atoms with Gasteiger partial charge in [-0.3, -0.25) is 0 Å². The number of aryl methyl sites for hydroxylation is 1. The number of rotatable bonds is 4. The quantitative estimate of drug-likeness (QED) is 0.756. The zero-order chi connectivity index (χ0) is 18.3. The van der Waals surface area contributed by atoms with Crippen molar-refractivity contribution in [3.05, 3.63) is 22.8 Å². The highest BCUT2D eigenvalue weighted by molar-refractivity contribution is 5.58. The van der Waals surface area contributed by atoms with Crippen LogP contribution in [0.3, 0.4) is 0 Å². The third-order valence-electron chi connectivity index (χ3n) is 6.80. The maximum Gasteiger partial charge on any atom is 0.129 e. The van der Waals surface area contributed by atoms with Crippen LogP contribution in [0.4, 0.5) is 0 Å². The normalized spacial score (nSPS) is 29.0. The number of ether oxygens (including phenoxy) is 2. The standard InChI is InChI=1S/C23H34O3/c1-4-5-6-8-15-13-20-21(22-17(15)9-7-12-25-22)18-14-16(24)10-11-19(18)23(2,3)26-20/h13,16,18-19,24H,4-12,14H2,1-3H3/t16-,18?,19+/m0/s1. The molecule has 1 aromatic rings. The van der Waals surface area contributed by atoms with E-state index < -0.39 is 0 Å². The molecular formula is C23H34O3. The second-order valence-corrected chi connectivity index (χ2v) is 9.05. The fourth-order valence-electron chi connectivity index (χ4n) is 5.49. The van der Waals surface area contributed by atoms with Crippen LogP contribution in [-0.2, 0) is 12.8 Å². The molecule has 1 unspecified atom stereocenters. The van der Waals surface area contributed by atoms with Gasteiger partial charge in [0.2, 0.25) is 0 Å². The number of benzene rings is 1. The zero-order valence-electron chi connectivity index (χ0n) is 16.6. The first-order valence-electron chi connectivity index (χ1n) is 10.7. The molecule has 3 heteroatoms. The Labute approximate surface area is 158 Å². The molecule has 144 valence electrons. The lowest BCUT2D eigenvalue weighted by Gasteiger charge is -2.49. The molecule has 0 amide bonds. The Bertz CT molecular complexity index is 664. The first-order chi connectivity index (χ1) is 12.5. The predicted octanol–water partition coefficient (Wildman–Crippen LogP) is 5.16. The van der Waals surface area contributed by atoms with Gasteiger partial charge in [-0.25, -0.2) is 0 Å². The van der Waals surface area contributed by atoms with Crippen LogP contribution in [-0.4, -0.2) is 23.4 Å². The van der Waals surface area contributed by atoms with Gasteiger partial charge in [-0.15, -0.1) is 0 Å². The molecule has 0 spiro atoms. The van der Waals surface area contributed by atoms with Gasteiger partial charge in [-0.2, -0.15) is 0 Å². The van der Waals surface area contributed by atoms with E-state index in [4.69, 9.17) is 9.47 Å². The molecule has 0 aromatic heterocycles. The third kappa shape index (κ3) is 3.13. The summed E-state index contributed by atoms with van der Waals surface area (Å²) < 4.78 is 12.8. The molecule has 1 fully saturated rings. The Morgan fingerprint density at radius 2 is 2.08 bits per heavy atom. The number of aliphatic hydroxyl groups excluding tert-OH is 1. The molecule has 1 aromatic carbocycles. The smallest absolute Gasteiger partial charge is 0.129 e. The van der Waals surface area contributed by atoms with Crippen molar-refractivity contribution in [2.45, 2.75) is 96.2 Å². The van der Waals surface area contributed by atoms with Crippen molar-refractivity contribution in [1.29, 1.82) is 0 Å². The van der Waals surface area contributed by atoms with Gasteiger partial charge >= 0.3 is 0 Å². The van der Waals surface area contributed by atoms with Crippen LogP contribution in [0, 0.1) is 5.92 Å². The van der Waals surface area contributed by atoms with Crippen LogP contribution >= 0.6 is 0 Å². The number of hydrogen-bond donors (Lipinski definition) is 1. The minimum atomic E-state index is -0.193. The topological polar surface area (TPSA) is 38.7 Å². The molecule has 2 aliphatic heterocycles. The molecule has 3 atom stereocenters. The van der Waals surface area contributed by atoms with Gasteiger partial charge in [-0.05, 0) is 76.0 Å². The Morgan fingerprint density at radius 1 is 1.23 bits per heavy atom. The number of unbranched alkanes of at least 4 members (excludes halogenated alkanes) is 2. The molecule has 1 N–H and O–H groups in total. The summed E-state index contributed by atoms with van der Waals surface area (Å²) in [7, 11) is 0.